The van der Waals surface area contributed by atoms with Crippen LogP contribution in [0.3, 0.4) is 0 Å². The molecular weight excluding hydrogens is 456 g/mol. The molecule has 0 radical (unpaired) electrons. The zero-order valence-corrected chi connectivity index (χ0v) is 19.0. The normalized spacial score (nSPS) is 19.6. The maximum absolute atomic E-state index is 13.1. The Morgan fingerprint density at radius 3 is 2.69 bits per heavy atom. The molecule has 32 heavy (non-hydrogen) atoms. The van der Waals surface area contributed by atoms with Gasteiger partial charge in [0.1, 0.15) is 5.15 Å². The number of nitrogens with zero attached hydrogens (tertiary/aromatic N) is 2. The van der Waals surface area contributed by atoms with Crippen LogP contribution in [0.4, 0.5) is 11.4 Å². The van der Waals surface area contributed by atoms with E-state index >= 15 is 0 Å². The minimum absolute atomic E-state index is 0.0781. The molecule has 172 valence electrons. The van der Waals surface area contributed by atoms with Gasteiger partial charge in [-0.05, 0) is 43.2 Å². The van der Waals surface area contributed by atoms with Gasteiger partial charge in [0.05, 0.1) is 35.6 Å². The van der Waals surface area contributed by atoms with Gasteiger partial charge in [0.25, 0.3) is 5.91 Å². The molecule has 4 rings (SSSR count). The van der Waals surface area contributed by atoms with E-state index in [1.807, 2.05) is 0 Å². The lowest BCUT2D eigenvalue weighted by molar-refractivity contribution is 0.0730. The number of aromatic nitrogens is 1. The molecule has 2 aromatic rings. The summed E-state index contributed by atoms with van der Waals surface area (Å²) in [4.78, 5) is 16.8. The number of amides is 1. The summed E-state index contributed by atoms with van der Waals surface area (Å²) in [5, 5.41) is 6.28. The van der Waals surface area contributed by atoms with Crippen molar-refractivity contribution in [3.63, 3.8) is 0 Å². The summed E-state index contributed by atoms with van der Waals surface area (Å²) < 4.78 is 38.5. The third-order valence-electron chi connectivity index (χ3n) is 5.38. The van der Waals surface area contributed by atoms with E-state index < -0.39 is 15.9 Å². The van der Waals surface area contributed by atoms with Crippen LogP contribution >= 0.6 is 11.6 Å². The SMILES string of the molecule is O=C(Nc1cc(S(=O)(=O)N2CCOCC2)ccc1NCC1CCCO1)c1ccnc(Cl)c1. The van der Waals surface area contributed by atoms with Crippen molar-refractivity contribution in [1.82, 2.24) is 9.29 Å². The standard InChI is InChI=1S/C21H25ClN4O5S/c22-20-12-15(5-6-23-20)21(27)25-19-13-17(32(28,29)26-7-10-30-11-8-26)3-4-18(19)24-14-16-2-1-9-31-16/h3-6,12-13,16,24H,1-2,7-11,14H2,(H,25,27). The number of sulfonamides is 1. The smallest absolute Gasteiger partial charge is 0.255 e. The molecular formula is C21H25ClN4O5S. The molecule has 3 heterocycles. The summed E-state index contributed by atoms with van der Waals surface area (Å²) in [6.07, 6.45) is 3.48. The van der Waals surface area contributed by atoms with Crippen molar-refractivity contribution >= 4 is 38.9 Å². The molecule has 1 amide bonds. The molecule has 0 aliphatic carbocycles. The van der Waals surface area contributed by atoms with Crippen LogP contribution in [0.15, 0.2) is 41.4 Å². The molecule has 0 spiro atoms. The molecule has 1 unspecified atom stereocenters. The van der Waals surface area contributed by atoms with Gasteiger partial charge in [0, 0.05) is 38.0 Å². The van der Waals surface area contributed by atoms with Crippen molar-refractivity contribution < 1.29 is 22.7 Å². The summed E-state index contributed by atoms with van der Waals surface area (Å²) >= 11 is 5.90. The van der Waals surface area contributed by atoms with Crippen molar-refractivity contribution in [2.75, 3.05) is 50.1 Å². The van der Waals surface area contributed by atoms with Gasteiger partial charge in [-0.1, -0.05) is 11.6 Å². The maximum atomic E-state index is 13.1. The quantitative estimate of drug-likeness (QED) is 0.586. The number of halogens is 1. The van der Waals surface area contributed by atoms with Crippen LogP contribution in [0.25, 0.3) is 0 Å². The minimum atomic E-state index is -3.72. The van der Waals surface area contributed by atoms with E-state index in [0.29, 0.717) is 49.8 Å². The lowest BCUT2D eigenvalue weighted by atomic mass is 10.2. The van der Waals surface area contributed by atoms with Gasteiger partial charge < -0.3 is 20.1 Å². The van der Waals surface area contributed by atoms with Crippen LogP contribution in [-0.2, 0) is 19.5 Å². The molecule has 11 heteroatoms. The number of benzene rings is 1. The van der Waals surface area contributed by atoms with Crippen molar-refractivity contribution in [2.24, 2.45) is 0 Å². The number of hydrogen-bond acceptors (Lipinski definition) is 7. The van der Waals surface area contributed by atoms with E-state index in [0.717, 1.165) is 19.4 Å². The van der Waals surface area contributed by atoms with Crippen LogP contribution < -0.4 is 10.6 Å². The third-order valence-corrected chi connectivity index (χ3v) is 7.48. The second kappa shape index (κ2) is 10.1. The first kappa shape index (κ1) is 22.9. The molecule has 2 N–H and O–H groups in total. The Balaban J connectivity index is 1.61. The molecule has 1 aromatic carbocycles. The monoisotopic (exact) mass is 480 g/mol. The van der Waals surface area contributed by atoms with Crippen LogP contribution in [-0.4, -0.2) is 69.2 Å². The van der Waals surface area contributed by atoms with Crippen LogP contribution in [0.5, 0.6) is 0 Å². The van der Waals surface area contributed by atoms with Gasteiger partial charge in [0.2, 0.25) is 10.0 Å². The lowest BCUT2D eigenvalue weighted by Crippen LogP contribution is -2.40. The molecule has 2 aliphatic rings. The summed E-state index contributed by atoms with van der Waals surface area (Å²) in [5.74, 6) is -0.421. The van der Waals surface area contributed by atoms with Crippen LogP contribution in [0.2, 0.25) is 5.15 Å². The molecule has 9 nitrogen and oxygen atoms in total. The fourth-order valence-electron chi connectivity index (χ4n) is 3.64. The second-order valence-corrected chi connectivity index (χ2v) is 9.89. The third kappa shape index (κ3) is 5.38. The largest absolute Gasteiger partial charge is 0.381 e. The van der Waals surface area contributed by atoms with Gasteiger partial charge in [-0.25, -0.2) is 13.4 Å². The molecule has 2 fully saturated rings. The molecule has 1 atom stereocenters. The van der Waals surface area contributed by atoms with Crippen molar-refractivity contribution in [3.05, 3.63) is 47.2 Å². The van der Waals surface area contributed by atoms with Gasteiger partial charge >= 0.3 is 0 Å². The van der Waals surface area contributed by atoms with Crippen molar-refractivity contribution in [3.8, 4) is 0 Å². The molecule has 0 saturated carbocycles. The molecule has 1 aromatic heterocycles. The van der Waals surface area contributed by atoms with E-state index in [2.05, 4.69) is 15.6 Å². The van der Waals surface area contributed by atoms with E-state index in [9.17, 15) is 13.2 Å². The molecule has 2 aliphatic heterocycles. The Kier molecular flexibility index (Phi) is 7.27. The highest BCUT2D eigenvalue weighted by Gasteiger charge is 2.27. The Morgan fingerprint density at radius 2 is 1.97 bits per heavy atom. The zero-order valence-electron chi connectivity index (χ0n) is 17.4. The number of ether oxygens (including phenoxy) is 2. The van der Waals surface area contributed by atoms with E-state index in [1.165, 1.54) is 28.7 Å². The van der Waals surface area contributed by atoms with Gasteiger partial charge in [-0.2, -0.15) is 4.31 Å². The first-order valence-corrected chi connectivity index (χ1v) is 12.3. The molecule has 2 saturated heterocycles. The van der Waals surface area contributed by atoms with E-state index in [4.69, 9.17) is 21.1 Å². The van der Waals surface area contributed by atoms with Crippen LogP contribution in [0, 0.1) is 0 Å². The van der Waals surface area contributed by atoms with Gasteiger partial charge in [0.15, 0.2) is 0 Å². The number of pyridine rings is 1. The fraction of sp³-hybridized carbons (Fsp3) is 0.429. The first-order valence-electron chi connectivity index (χ1n) is 10.4. The number of nitrogens with one attached hydrogen (secondary N) is 2. The number of rotatable bonds is 7. The summed E-state index contributed by atoms with van der Waals surface area (Å²) in [7, 11) is -3.72. The average molecular weight is 481 g/mol. The topological polar surface area (TPSA) is 110 Å². The van der Waals surface area contributed by atoms with Crippen LogP contribution in [0.1, 0.15) is 23.2 Å². The number of carbonyl (C=O) groups excluding carboxylic acids is 1. The summed E-state index contributed by atoms with van der Waals surface area (Å²) in [5.41, 5.74) is 1.28. The second-order valence-electron chi connectivity index (χ2n) is 7.56. The predicted molar refractivity (Wildman–Crippen MR) is 121 cm³/mol. The Bertz CT molecular complexity index is 1070. The highest BCUT2D eigenvalue weighted by Crippen LogP contribution is 2.29. The van der Waals surface area contributed by atoms with Gasteiger partial charge in [-0.3, -0.25) is 4.79 Å². The minimum Gasteiger partial charge on any atom is -0.381 e. The molecule has 0 bridgehead atoms. The van der Waals surface area contributed by atoms with Crippen molar-refractivity contribution in [1.29, 1.82) is 0 Å². The Labute approximate surface area is 192 Å². The zero-order chi connectivity index (χ0) is 22.6. The average Bonchev–Trinajstić information content (AvgIpc) is 3.32. The fourth-order valence-corrected chi connectivity index (χ4v) is 5.25. The van der Waals surface area contributed by atoms with Crippen molar-refractivity contribution in [2.45, 2.75) is 23.8 Å². The number of morpholine rings is 1. The predicted octanol–water partition coefficient (Wildman–Crippen LogP) is 2.60. The summed E-state index contributed by atoms with van der Waals surface area (Å²) in [6.45, 7) is 2.57. The highest BCUT2D eigenvalue weighted by molar-refractivity contribution is 7.89. The number of carbonyl (C=O) groups is 1. The van der Waals surface area contributed by atoms with Gasteiger partial charge in [-0.15, -0.1) is 0 Å². The summed E-state index contributed by atoms with van der Waals surface area (Å²) in [6, 6.07) is 7.67. The Hall–Kier alpha value is -2.24. The Morgan fingerprint density at radius 1 is 1.16 bits per heavy atom. The maximum Gasteiger partial charge on any atom is 0.255 e. The first-order chi connectivity index (χ1) is 15.4. The lowest BCUT2D eigenvalue weighted by Gasteiger charge is -2.26. The van der Waals surface area contributed by atoms with E-state index in [1.54, 1.807) is 12.1 Å². The highest BCUT2D eigenvalue weighted by atomic mass is 35.5. The number of anilines is 2. The van der Waals surface area contributed by atoms with E-state index in [-0.39, 0.29) is 16.2 Å². The number of hydrogen-bond donors (Lipinski definition) is 2.